The molecule has 2 fully saturated rings. The fourth-order valence-corrected chi connectivity index (χ4v) is 3.41. The molecule has 0 bridgehead atoms. The van der Waals surface area contributed by atoms with Crippen molar-refractivity contribution in [3.05, 3.63) is 30.3 Å². The highest BCUT2D eigenvalue weighted by molar-refractivity contribution is 5.99. The van der Waals surface area contributed by atoms with E-state index in [4.69, 9.17) is 0 Å². The van der Waals surface area contributed by atoms with Gasteiger partial charge < -0.3 is 4.90 Å². The Morgan fingerprint density at radius 2 is 1.81 bits per heavy atom. The van der Waals surface area contributed by atoms with Gasteiger partial charge in [0.15, 0.2) is 0 Å². The average molecular weight is 287 g/mol. The van der Waals surface area contributed by atoms with E-state index in [0.717, 1.165) is 38.3 Å². The second kappa shape index (κ2) is 5.43. The van der Waals surface area contributed by atoms with Crippen LogP contribution in [0.4, 0.5) is 5.69 Å². The lowest BCUT2D eigenvalue weighted by atomic mass is 9.98. The van der Waals surface area contributed by atoms with Gasteiger partial charge in [-0.15, -0.1) is 0 Å². The van der Waals surface area contributed by atoms with Crippen LogP contribution in [0.3, 0.4) is 0 Å². The Morgan fingerprint density at radius 1 is 1.10 bits per heavy atom. The number of piperazine rings is 1. The molecule has 1 aromatic rings. The van der Waals surface area contributed by atoms with Crippen LogP contribution in [-0.4, -0.2) is 60.5 Å². The average Bonchev–Trinajstić information content (AvgIpc) is 2.85. The number of hydrogen-bond donors (Lipinski definition) is 0. The highest BCUT2D eigenvalue weighted by Gasteiger charge is 2.41. The third kappa shape index (κ3) is 2.70. The standard InChI is InChI=1S/C17H25N3O/c1-17(2)13-19(12-11-18(17)3)15-9-10-20(16(15)21)14-7-5-4-6-8-14/h4-8,15H,9-13H2,1-3H3/t15-/m1/s1. The molecular formula is C17H25N3O. The highest BCUT2D eigenvalue weighted by atomic mass is 16.2. The van der Waals surface area contributed by atoms with Gasteiger partial charge >= 0.3 is 0 Å². The van der Waals surface area contributed by atoms with Gasteiger partial charge in [0.1, 0.15) is 0 Å². The zero-order valence-corrected chi connectivity index (χ0v) is 13.2. The summed E-state index contributed by atoms with van der Waals surface area (Å²) in [5.41, 5.74) is 1.16. The quantitative estimate of drug-likeness (QED) is 0.830. The fourth-order valence-electron chi connectivity index (χ4n) is 3.41. The SMILES string of the molecule is CN1CCN([C@@H]2CCN(c3ccccc3)C2=O)CC1(C)C. The summed E-state index contributed by atoms with van der Waals surface area (Å²) in [6.45, 7) is 8.32. The molecular weight excluding hydrogens is 262 g/mol. The second-order valence-corrected chi connectivity index (χ2v) is 6.83. The maximum Gasteiger partial charge on any atom is 0.244 e. The lowest BCUT2D eigenvalue weighted by Crippen LogP contribution is -2.60. The summed E-state index contributed by atoms with van der Waals surface area (Å²) in [6.07, 6.45) is 0.938. The van der Waals surface area contributed by atoms with Crippen molar-refractivity contribution in [1.29, 1.82) is 0 Å². The molecule has 0 radical (unpaired) electrons. The minimum atomic E-state index is 0.0539. The molecule has 4 nitrogen and oxygen atoms in total. The van der Waals surface area contributed by atoms with E-state index in [1.165, 1.54) is 0 Å². The summed E-state index contributed by atoms with van der Waals surface area (Å²) in [4.78, 5) is 19.5. The molecule has 4 heteroatoms. The number of para-hydroxylation sites is 1. The van der Waals surface area contributed by atoms with E-state index in [9.17, 15) is 4.79 Å². The van der Waals surface area contributed by atoms with Crippen LogP contribution in [0.15, 0.2) is 30.3 Å². The van der Waals surface area contributed by atoms with Crippen molar-refractivity contribution in [1.82, 2.24) is 9.80 Å². The van der Waals surface area contributed by atoms with E-state index in [-0.39, 0.29) is 17.5 Å². The monoisotopic (exact) mass is 287 g/mol. The molecule has 0 aliphatic carbocycles. The first-order chi connectivity index (χ1) is 9.99. The van der Waals surface area contributed by atoms with Crippen LogP contribution in [0.5, 0.6) is 0 Å². The molecule has 1 atom stereocenters. The molecule has 2 aliphatic rings. The second-order valence-electron chi connectivity index (χ2n) is 6.83. The van der Waals surface area contributed by atoms with Crippen LogP contribution in [0.25, 0.3) is 0 Å². The third-order valence-corrected chi connectivity index (χ3v) is 5.03. The number of nitrogens with zero attached hydrogens (tertiary/aromatic N) is 3. The summed E-state index contributed by atoms with van der Waals surface area (Å²) in [7, 11) is 2.17. The molecule has 0 N–H and O–H groups in total. The van der Waals surface area contributed by atoms with E-state index < -0.39 is 0 Å². The number of anilines is 1. The summed E-state index contributed by atoms with van der Waals surface area (Å²) in [6, 6.07) is 10.1. The van der Waals surface area contributed by atoms with E-state index >= 15 is 0 Å². The number of carbonyl (C=O) groups is 1. The Kier molecular flexibility index (Phi) is 3.76. The summed E-state index contributed by atoms with van der Waals surface area (Å²) >= 11 is 0. The topological polar surface area (TPSA) is 26.8 Å². The first kappa shape index (κ1) is 14.5. The zero-order valence-electron chi connectivity index (χ0n) is 13.2. The predicted molar refractivity (Wildman–Crippen MR) is 85.5 cm³/mol. The van der Waals surface area contributed by atoms with Crippen LogP contribution in [0.2, 0.25) is 0 Å². The maximum atomic E-state index is 12.8. The normalized spacial score (nSPS) is 27.3. The lowest BCUT2D eigenvalue weighted by molar-refractivity contribution is -0.123. The molecule has 0 spiro atoms. The molecule has 114 valence electrons. The zero-order chi connectivity index (χ0) is 15.0. The lowest BCUT2D eigenvalue weighted by Gasteiger charge is -2.46. The first-order valence-corrected chi connectivity index (χ1v) is 7.81. The molecule has 1 amide bonds. The van der Waals surface area contributed by atoms with Gasteiger partial charge in [0, 0.05) is 37.4 Å². The van der Waals surface area contributed by atoms with Gasteiger partial charge in [0.05, 0.1) is 6.04 Å². The summed E-state index contributed by atoms with van der Waals surface area (Å²) < 4.78 is 0. The Balaban J connectivity index is 1.73. The third-order valence-electron chi connectivity index (χ3n) is 5.03. The molecule has 3 rings (SSSR count). The number of amides is 1. The largest absolute Gasteiger partial charge is 0.311 e. The summed E-state index contributed by atoms with van der Waals surface area (Å²) in [5, 5.41) is 0. The van der Waals surface area contributed by atoms with Gasteiger partial charge in [-0.1, -0.05) is 18.2 Å². The van der Waals surface area contributed by atoms with Crippen molar-refractivity contribution in [3.63, 3.8) is 0 Å². The van der Waals surface area contributed by atoms with Crippen LogP contribution in [0.1, 0.15) is 20.3 Å². The van der Waals surface area contributed by atoms with Gasteiger partial charge in [-0.3, -0.25) is 14.6 Å². The van der Waals surface area contributed by atoms with Crippen molar-refractivity contribution in [2.45, 2.75) is 31.8 Å². The van der Waals surface area contributed by atoms with Crippen molar-refractivity contribution < 1.29 is 4.79 Å². The molecule has 21 heavy (non-hydrogen) atoms. The molecule has 1 aromatic carbocycles. The van der Waals surface area contributed by atoms with Crippen molar-refractivity contribution in [2.75, 3.05) is 38.1 Å². The number of hydrogen-bond acceptors (Lipinski definition) is 3. The molecule has 0 unspecified atom stereocenters. The van der Waals surface area contributed by atoms with Crippen LogP contribution in [0, 0.1) is 0 Å². The number of benzene rings is 1. The van der Waals surface area contributed by atoms with E-state index in [2.05, 4.69) is 30.7 Å². The smallest absolute Gasteiger partial charge is 0.244 e. The number of likely N-dealkylation sites (N-methyl/N-ethyl adjacent to an activating group) is 1. The first-order valence-electron chi connectivity index (χ1n) is 7.81. The fraction of sp³-hybridized carbons (Fsp3) is 0.588. The van der Waals surface area contributed by atoms with E-state index in [0.29, 0.717) is 0 Å². The Morgan fingerprint density at radius 3 is 2.48 bits per heavy atom. The summed E-state index contributed by atoms with van der Waals surface area (Å²) in [5.74, 6) is 0.265. The molecule has 2 aliphatic heterocycles. The van der Waals surface area contributed by atoms with Gasteiger partial charge in [0.25, 0.3) is 0 Å². The van der Waals surface area contributed by atoms with E-state index in [1.54, 1.807) is 0 Å². The maximum absolute atomic E-state index is 12.8. The van der Waals surface area contributed by atoms with Crippen LogP contribution < -0.4 is 4.90 Å². The van der Waals surface area contributed by atoms with Gasteiger partial charge in [0.2, 0.25) is 5.91 Å². The molecule has 2 saturated heterocycles. The van der Waals surface area contributed by atoms with Gasteiger partial charge in [-0.2, -0.15) is 0 Å². The molecule has 0 aromatic heterocycles. The van der Waals surface area contributed by atoms with Crippen molar-refractivity contribution in [3.8, 4) is 0 Å². The van der Waals surface area contributed by atoms with Crippen LogP contribution in [-0.2, 0) is 4.79 Å². The van der Waals surface area contributed by atoms with E-state index in [1.807, 2.05) is 35.2 Å². The number of rotatable bonds is 2. The highest BCUT2D eigenvalue weighted by Crippen LogP contribution is 2.28. The molecule has 2 heterocycles. The molecule has 0 saturated carbocycles. The minimum Gasteiger partial charge on any atom is -0.311 e. The van der Waals surface area contributed by atoms with Crippen LogP contribution >= 0.6 is 0 Å². The Hall–Kier alpha value is -1.39. The minimum absolute atomic E-state index is 0.0539. The van der Waals surface area contributed by atoms with Crippen molar-refractivity contribution >= 4 is 11.6 Å². The van der Waals surface area contributed by atoms with Gasteiger partial charge in [-0.05, 0) is 39.4 Å². The predicted octanol–water partition coefficient (Wildman–Crippen LogP) is 1.82. The Bertz CT molecular complexity index is 514. The number of carbonyl (C=O) groups excluding carboxylic acids is 1. The van der Waals surface area contributed by atoms with Crippen molar-refractivity contribution in [2.24, 2.45) is 0 Å². The van der Waals surface area contributed by atoms with Gasteiger partial charge in [-0.25, -0.2) is 0 Å². The Labute approximate surface area is 127 Å².